The number of esters is 1. The van der Waals surface area contributed by atoms with Gasteiger partial charge in [0.25, 0.3) is 0 Å². The number of nitrogens with zero attached hydrogens (tertiary/aromatic N) is 2. The van der Waals surface area contributed by atoms with E-state index in [1.54, 1.807) is 24.5 Å². The number of benzene rings is 2. The highest BCUT2D eigenvalue weighted by Gasteiger charge is 2.47. The lowest BCUT2D eigenvalue weighted by molar-refractivity contribution is 0.0210. The maximum absolute atomic E-state index is 12.3. The first kappa shape index (κ1) is 13.5. The molecule has 0 spiro atoms. The molecule has 0 saturated heterocycles. The fourth-order valence-corrected chi connectivity index (χ4v) is 2.79. The summed E-state index contributed by atoms with van der Waals surface area (Å²) in [5.41, 5.74) is 0.977. The zero-order valence-corrected chi connectivity index (χ0v) is 12.1. The molecular formula is C18H13N3O2. The van der Waals surface area contributed by atoms with E-state index in [0.717, 1.165) is 11.1 Å². The van der Waals surface area contributed by atoms with Gasteiger partial charge in [-0.25, -0.2) is 14.8 Å². The van der Waals surface area contributed by atoms with E-state index in [1.807, 2.05) is 48.5 Å². The predicted octanol–water partition coefficient (Wildman–Crippen LogP) is 2.96. The molecule has 0 aliphatic carbocycles. The van der Waals surface area contributed by atoms with Gasteiger partial charge in [0.1, 0.15) is 0 Å². The van der Waals surface area contributed by atoms with Crippen LogP contribution < -0.4 is 5.32 Å². The lowest BCUT2D eigenvalue weighted by Crippen LogP contribution is -2.37. The number of nitrogens with one attached hydrogen (secondary N) is 1. The van der Waals surface area contributed by atoms with E-state index in [-0.39, 0.29) is 5.97 Å². The Morgan fingerprint density at radius 3 is 2.35 bits per heavy atom. The van der Waals surface area contributed by atoms with Gasteiger partial charge in [-0.2, -0.15) is 0 Å². The Labute approximate surface area is 133 Å². The van der Waals surface area contributed by atoms with Crippen LogP contribution in [0.1, 0.15) is 21.5 Å². The van der Waals surface area contributed by atoms with Crippen LogP contribution in [0.3, 0.4) is 0 Å². The number of carbonyl (C=O) groups is 1. The van der Waals surface area contributed by atoms with Gasteiger partial charge in [-0.05, 0) is 12.1 Å². The fraction of sp³-hybridized carbons (Fsp3) is 0.0556. The minimum absolute atomic E-state index is 0.368. The van der Waals surface area contributed by atoms with Crippen LogP contribution in [0.15, 0.2) is 73.1 Å². The zero-order valence-electron chi connectivity index (χ0n) is 12.1. The molecule has 4 rings (SSSR count). The highest BCUT2D eigenvalue weighted by molar-refractivity contribution is 5.95. The average Bonchev–Trinajstić information content (AvgIpc) is 2.90. The molecule has 1 aliphatic rings. The second-order valence-corrected chi connectivity index (χ2v) is 5.18. The SMILES string of the molecule is O=C1OC(Nc2ncccn2)(c2ccccc2)c2ccccc21. The Morgan fingerprint density at radius 2 is 1.57 bits per heavy atom. The number of rotatable bonds is 3. The standard InChI is InChI=1S/C18H13N3O2/c22-16-14-9-4-5-10-15(14)18(23-16,13-7-2-1-3-8-13)21-17-19-11-6-12-20-17/h1-12H,(H,19,20,21). The minimum Gasteiger partial charge on any atom is -0.426 e. The summed E-state index contributed by atoms with van der Waals surface area (Å²) in [5.74, 6) is 0.0220. The summed E-state index contributed by atoms with van der Waals surface area (Å²) in [5, 5.41) is 3.19. The second-order valence-electron chi connectivity index (χ2n) is 5.18. The van der Waals surface area contributed by atoms with E-state index in [0.29, 0.717) is 11.5 Å². The Kier molecular flexibility index (Phi) is 3.05. The first-order valence-corrected chi connectivity index (χ1v) is 7.23. The monoisotopic (exact) mass is 303 g/mol. The third-order valence-electron chi connectivity index (χ3n) is 3.81. The number of cyclic esters (lactones) is 1. The maximum Gasteiger partial charge on any atom is 0.341 e. The lowest BCUT2D eigenvalue weighted by atomic mass is 9.93. The molecule has 0 bridgehead atoms. The number of anilines is 1. The lowest BCUT2D eigenvalue weighted by Gasteiger charge is -2.30. The topological polar surface area (TPSA) is 64.1 Å². The molecule has 3 aromatic rings. The number of carbonyl (C=O) groups excluding carboxylic acids is 1. The van der Waals surface area contributed by atoms with Crippen molar-refractivity contribution in [2.24, 2.45) is 0 Å². The van der Waals surface area contributed by atoms with Crippen molar-refractivity contribution < 1.29 is 9.53 Å². The van der Waals surface area contributed by atoms with E-state index < -0.39 is 5.72 Å². The Morgan fingerprint density at radius 1 is 0.870 bits per heavy atom. The Balaban J connectivity index is 1.92. The summed E-state index contributed by atoms with van der Waals surface area (Å²) in [6.45, 7) is 0. The molecule has 1 aromatic heterocycles. The summed E-state index contributed by atoms with van der Waals surface area (Å²) in [6.07, 6.45) is 3.27. The number of aromatic nitrogens is 2. The predicted molar refractivity (Wildman–Crippen MR) is 84.7 cm³/mol. The molecule has 1 N–H and O–H groups in total. The zero-order chi connectivity index (χ0) is 15.7. The summed E-state index contributed by atoms with van der Waals surface area (Å²) >= 11 is 0. The van der Waals surface area contributed by atoms with Crippen molar-refractivity contribution in [3.8, 4) is 0 Å². The summed E-state index contributed by atoms with van der Waals surface area (Å²) in [7, 11) is 0. The van der Waals surface area contributed by atoms with Crippen LogP contribution in [0.5, 0.6) is 0 Å². The molecule has 1 aliphatic heterocycles. The van der Waals surface area contributed by atoms with Gasteiger partial charge < -0.3 is 10.1 Å². The van der Waals surface area contributed by atoms with Crippen molar-refractivity contribution >= 4 is 11.9 Å². The van der Waals surface area contributed by atoms with Crippen LogP contribution >= 0.6 is 0 Å². The molecule has 0 radical (unpaired) electrons. The van der Waals surface area contributed by atoms with Gasteiger partial charge in [0.15, 0.2) is 0 Å². The fourth-order valence-electron chi connectivity index (χ4n) is 2.79. The summed E-state index contributed by atoms with van der Waals surface area (Å²) in [6, 6.07) is 18.6. The van der Waals surface area contributed by atoms with Crippen molar-refractivity contribution in [1.29, 1.82) is 0 Å². The molecule has 0 fully saturated rings. The van der Waals surface area contributed by atoms with Crippen molar-refractivity contribution in [1.82, 2.24) is 9.97 Å². The normalized spacial score (nSPS) is 19.0. The minimum atomic E-state index is -1.13. The van der Waals surface area contributed by atoms with E-state index in [1.165, 1.54) is 0 Å². The molecule has 5 nitrogen and oxygen atoms in total. The van der Waals surface area contributed by atoms with Crippen molar-refractivity contribution in [3.05, 3.63) is 89.7 Å². The second kappa shape index (κ2) is 5.21. The Hall–Kier alpha value is -3.21. The summed E-state index contributed by atoms with van der Waals surface area (Å²) < 4.78 is 5.78. The third kappa shape index (κ3) is 2.14. The third-order valence-corrected chi connectivity index (χ3v) is 3.81. The van der Waals surface area contributed by atoms with Gasteiger partial charge in [-0.3, -0.25) is 0 Å². The van der Waals surface area contributed by atoms with Crippen molar-refractivity contribution in [2.75, 3.05) is 5.32 Å². The van der Waals surface area contributed by atoms with Gasteiger partial charge in [0.2, 0.25) is 11.7 Å². The van der Waals surface area contributed by atoms with Crippen LogP contribution in [0, 0.1) is 0 Å². The Bertz CT molecular complexity index is 852. The summed E-state index contributed by atoms with van der Waals surface area (Å²) in [4.78, 5) is 20.7. The van der Waals surface area contributed by atoms with Gasteiger partial charge in [-0.1, -0.05) is 48.5 Å². The largest absolute Gasteiger partial charge is 0.426 e. The highest BCUT2D eigenvalue weighted by atomic mass is 16.6. The molecule has 0 amide bonds. The van der Waals surface area contributed by atoms with Gasteiger partial charge in [0.05, 0.1) is 5.56 Å². The molecule has 112 valence electrons. The first-order chi connectivity index (χ1) is 11.3. The molecule has 23 heavy (non-hydrogen) atoms. The van der Waals surface area contributed by atoms with E-state index in [9.17, 15) is 4.79 Å². The van der Waals surface area contributed by atoms with Crippen LogP contribution in [0.25, 0.3) is 0 Å². The molecule has 1 unspecified atom stereocenters. The maximum atomic E-state index is 12.3. The van der Waals surface area contributed by atoms with Crippen LogP contribution in [0.4, 0.5) is 5.95 Å². The van der Waals surface area contributed by atoms with E-state index in [2.05, 4.69) is 15.3 Å². The van der Waals surface area contributed by atoms with Crippen molar-refractivity contribution in [2.45, 2.75) is 5.72 Å². The number of fused-ring (bicyclic) bond motifs is 1. The van der Waals surface area contributed by atoms with Gasteiger partial charge >= 0.3 is 5.97 Å². The van der Waals surface area contributed by atoms with Crippen LogP contribution in [0.2, 0.25) is 0 Å². The number of ether oxygens (including phenoxy) is 1. The average molecular weight is 303 g/mol. The molecule has 0 saturated carbocycles. The highest BCUT2D eigenvalue weighted by Crippen LogP contribution is 2.41. The van der Waals surface area contributed by atoms with Crippen LogP contribution in [-0.4, -0.2) is 15.9 Å². The molecular weight excluding hydrogens is 290 g/mol. The van der Waals surface area contributed by atoms with Crippen molar-refractivity contribution in [3.63, 3.8) is 0 Å². The number of hydrogen-bond donors (Lipinski definition) is 1. The van der Waals surface area contributed by atoms with Gasteiger partial charge in [0, 0.05) is 23.5 Å². The molecule has 2 aromatic carbocycles. The van der Waals surface area contributed by atoms with Crippen LogP contribution in [-0.2, 0) is 10.5 Å². The molecule has 2 heterocycles. The molecule has 5 heteroatoms. The molecule has 1 atom stereocenters. The quantitative estimate of drug-likeness (QED) is 0.754. The van der Waals surface area contributed by atoms with E-state index >= 15 is 0 Å². The smallest absolute Gasteiger partial charge is 0.341 e. The van der Waals surface area contributed by atoms with E-state index in [4.69, 9.17) is 4.74 Å². The number of hydrogen-bond acceptors (Lipinski definition) is 5. The first-order valence-electron chi connectivity index (χ1n) is 7.23. The van der Waals surface area contributed by atoms with Gasteiger partial charge in [-0.15, -0.1) is 0 Å².